The van der Waals surface area contributed by atoms with Gasteiger partial charge in [0.2, 0.25) is 0 Å². The third-order valence-corrected chi connectivity index (χ3v) is 3.64. The van der Waals surface area contributed by atoms with Gasteiger partial charge in [-0.05, 0) is 42.8 Å². The fourth-order valence-corrected chi connectivity index (χ4v) is 2.41. The highest BCUT2D eigenvalue weighted by Crippen LogP contribution is 2.33. The summed E-state index contributed by atoms with van der Waals surface area (Å²) in [5, 5.41) is 4.07. The van der Waals surface area contributed by atoms with E-state index in [2.05, 4.69) is 37.4 Å². The maximum atomic E-state index is 6.37. The molecule has 0 aliphatic carbocycles. The molecular weight excluding hydrogens is 270 g/mol. The van der Waals surface area contributed by atoms with Gasteiger partial charge >= 0.3 is 0 Å². The molecule has 0 aliphatic rings. The predicted molar refractivity (Wildman–Crippen MR) is 85.6 cm³/mol. The summed E-state index contributed by atoms with van der Waals surface area (Å²) < 4.78 is 5.43. The standard InChI is InChI=1S/C17H20ClNO/c1-4-19-11-14-7-6-13(10-16(14)18)15-9-12(2)5-8-17(15)20-3/h5-10,19H,4,11H2,1-3H3. The summed E-state index contributed by atoms with van der Waals surface area (Å²) in [6.45, 7) is 5.88. The maximum Gasteiger partial charge on any atom is 0.126 e. The zero-order chi connectivity index (χ0) is 14.5. The first-order valence-corrected chi connectivity index (χ1v) is 7.17. The third-order valence-electron chi connectivity index (χ3n) is 3.28. The number of rotatable bonds is 5. The van der Waals surface area contributed by atoms with Gasteiger partial charge in [-0.2, -0.15) is 0 Å². The average molecular weight is 290 g/mol. The highest BCUT2D eigenvalue weighted by Gasteiger charge is 2.08. The molecule has 0 fully saturated rings. The number of hydrogen-bond acceptors (Lipinski definition) is 2. The van der Waals surface area contributed by atoms with Crippen molar-refractivity contribution in [1.29, 1.82) is 0 Å². The van der Waals surface area contributed by atoms with E-state index in [-0.39, 0.29) is 0 Å². The van der Waals surface area contributed by atoms with Crippen LogP contribution in [-0.2, 0) is 6.54 Å². The third kappa shape index (κ3) is 3.33. The molecule has 2 aromatic rings. The van der Waals surface area contributed by atoms with Crippen LogP contribution in [0.4, 0.5) is 0 Å². The number of aryl methyl sites for hydroxylation is 1. The Kier molecular flexibility index (Phi) is 5.05. The van der Waals surface area contributed by atoms with Gasteiger partial charge in [-0.3, -0.25) is 0 Å². The summed E-state index contributed by atoms with van der Waals surface area (Å²) in [7, 11) is 1.69. The number of nitrogens with one attached hydrogen (secondary N) is 1. The molecule has 0 aliphatic heterocycles. The molecule has 3 heteroatoms. The lowest BCUT2D eigenvalue weighted by Gasteiger charge is -2.12. The van der Waals surface area contributed by atoms with Crippen LogP contribution in [0.3, 0.4) is 0 Å². The van der Waals surface area contributed by atoms with Crippen LogP contribution in [0.15, 0.2) is 36.4 Å². The van der Waals surface area contributed by atoms with E-state index in [4.69, 9.17) is 16.3 Å². The van der Waals surface area contributed by atoms with Gasteiger partial charge in [0.15, 0.2) is 0 Å². The molecular formula is C17H20ClNO. The predicted octanol–water partition coefficient (Wildman–Crippen LogP) is 4.43. The van der Waals surface area contributed by atoms with Gasteiger partial charge in [0.25, 0.3) is 0 Å². The molecule has 20 heavy (non-hydrogen) atoms. The Bertz CT molecular complexity index is 596. The molecule has 0 spiro atoms. The molecule has 0 saturated heterocycles. The first kappa shape index (κ1) is 14.9. The fraction of sp³-hybridized carbons (Fsp3) is 0.294. The average Bonchev–Trinajstić information content (AvgIpc) is 2.46. The Morgan fingerprint density at radius 2 is 1.95 bits per heavy atom. The number of benzene rings is 2. The summed E-state index contributed by atoms with van der Waals surface area (Å²) in [5.41, 5.74) is 4.47. The number of methoxy groups -OCH3 is 1. The van der Waals surface area contributed by atoms with E-state index >= 15 is 0 Å². The van der Waals surface area contributed by atoms with Crippen LogP contribution < -0.4 is 10.1 Å². The van der Waals surface area contributed by atoms with E-state index in [9.17, 15) is 0 Å². The molecule has 0 radical (unpaired) electrons. The van der Waals surface area contributed by atoms with E-state index in [0.29, 0.717) is 0 Å². The monoisotopic (exact) mass is 289 g/mol. The van der Waals surface area contributed by atoms with Crippen molar-refractivity contribution < 1.29 is 4.74 Å². The highest BCUT2D eigenvalue weighted by molar-refractivity contribution is 6.31. The van der Waals surface area contributed by atoms with E-state index < -0.39 is 0 Å². The van der Waals surface area contributed by atoms with Crippen molar-refractivity contribution in [1.82, 2.24) is 5.32 Å². The normalized spacial score (nSPS) is 10.6. The quantitative estimate of drug-likeness (QED) is 0.879. The largest absolute Gasteiger partial charge is 0.496 e. The molecule has 0 heterocycles. The molecule has 0 aromatic heterocycles. The lowest BCUT2D eigenvalue weighted by molar-refractivity contribution is 0.416. The molecule has 2 aromatic carbocycles. The highest BCUT2D eigenvalue weighted by atomic mass is 35.5. The van der Waals surface area contributed by atoms with Crippen LogP contribution in [-0.4, -0.2) is 13.7 Å². The van der Waals surface area contributed by atoms with Crippen molar-refractivity contribution in [3.63, 3.8) is 0 Å². The zero-order valence-electron chi connectivity index (χ0n) is 12.2. The van der Waals surface area contributed by atoms with E-state index in [1.54, 1.807) is 7.11 Å². The van der Waals surface area contributed by atoms with Crippen molar-refractivity contribution in [3.8, 4) is 16.9 Å². The van der Waals surface area contributed by atoms with Crippen LogP contribution >= 0.6 is 11.6 Å². The maximum absolute atomic E-state index is 6.37. The van der Waals surface area contributed by atoms with E-state index in [1.807, 2.05) is 18.2 Å². The van der Waals surface area contributed by atoms with Gasteiger partial charge in [-0.15, -0.1) is 0 Å². The van der Waals surface area contributed by atoms with Crippen molar-refractivity contribution in [2.24, 2.45) is 0 Å². The summed E-state index contributed by atoms with van der Waals surface area (Å²) in [6, 6.07) is 12.3. The summed E-state index contributed by atoms with van der Waals surface area (Å²) in [4.78, 5) is 0. The van der Waals surface area contributed by atoms with Crippen molar-refractivity contribution in [3.05, 3.63) is 52.5 Å². The molecule has 0 bridgehead atoms. The van der Waals surface area contributed by atoms with Crippen molar-refractivity contribution in [2.45, 2.75) is 20.4 Å². The first-order valence-electron chi connectivity index (χ1n) is 6.80. The molecule has 106 valence electrons. The van der Waals surface area contributed by atoms with Crippen molar-refractivity contribution >= 4 is 11.6 Å². The van der Waals surface area contributed by atoms with Gasteiger partial charge in [0.1, 0.15) is 5.75 Å². The van der Waals surface area contributed by atoms with Crippen LogP contribution in [0, 0.1) is 6.92 Å². The summed E-state index contributed by atoms with van der Waals surface area (Å²) in [6.07, 6.45) is 0. The minimum Gasteiger partial charge on any atom is -0.496 e. The molecule has 0 atom stereocenters. The Balaban J connectivity index is 2.38. The SMILES string of the molecule is CCNCc1ccc(-c2cc(C)ccc2OC)cc1Cl. The van der Waals surface area contributed by atoms with Gasteiger partial charge < -0.3 is 10.1 Å². The second-order valence-corrected chi connectivity index (χ2v) is 5.20. The van der Waals surface area contributed by atoms with Gasteiger partial charge in [0.05, 0.1) is 7.11 Å². The summed E-state index contributed by atoms with van der Waals surface area (Å²) >= 11 is 6.37. The minimum absolute atomic E-state index is 0.784. The number of ether oxygens (including phenoxy) is 1. The molecule has 0 saturated carbocycles. The van der Waals surface area contributed by atoms with E-state index in [0.717, 1.165) is 40.6 Å². The lowest BCUT2D eigenvalue weighted by atomic mass is 10.0. The van der Waals surface area contributed by atoms with Crippen LogP contribution in [0.1, 0.15) is 18.1 Å². The van der Waals surface area contributed by atoms with E-state index in [1.165, 1.54) is 5.56 Å². The second kappa shape index (κ2) is 6.78. The smallest absolute Gasteiger partial charge is 0.126 e. The van der Waals surface area contributed by atoms with Gasteiger partial charge in [-0.1, -0.05) is 42.3 Å². The Morgan fingerprint density at radius 1 is 1.15 bits per heavy atom. The molecule has 0 unspecified atom stereocenters. The molecule has 1 N–H and O–H groups in total. The first-order chi connectivity index (χ1) is 9.65. The number of halogens is 1. The minimum atomic E-state index is 0.784. The topological polar surface area (TPSA) is 21.3 Å². The fourth-order valence-electron chi connectivity index (χ4n) is 2.17. The lowest BCUT2D eigenvalue weighted by Crippen LogP contribution is -2.11. The second-order valence-electron chi connectivity index (χ2n) is 4.79. The molecule has 2 nitrogen and oxygen atoms in total. The Morgan fingerprint density at radius 3 is 2.60 bits per heavy atom. The molecule has 0 amide bonds. The Hall–Kier alpha value is -1.51. The van der Waals surface area contributed by atoms with Crippen LogP contribution in [0.2, 0.25) is 5.02 Å². The Labute approximate surface area is 125 Å². The van der Waals surface area contributed by atoms with Crippen molar-refractivity contribution in [2.75, 3.05) is 13.7 Å². The van der Waals surface area contributed by atoms with Gasteiger partial charge in [0, 0.05) is 17.1 Å². The van der Waals surface area contributed by atoms with Crippen LogP contribution in [0.25, 0.3) is 11.1 Å². The summed E-state index contributed by atoms with van der Waals surface area (Å²) in [5.74, 6) is 0.867. The molecule has 2 rings (SSSR count). The van der Waals surface area contributed by atoms with Gasteiger partial charge in [-0.25, -0.2) is 0 Å². The zero-order valence-corrected chi connectivity index (χ0v) is 12.9. The van der Waals surface area contributed by atoms with Crippen LogP contribution in [0.5, 0.6) is 5.75 Å². The number of hydrogen-bond donors (Lipinski definition) is 1.